The minimum Gasteiger partial charge on any atom is -0.442 e. The van der Waals surface area contributed by atoms with Gasteiger partial charge < -0.3 is 24.0 Å². The maximum absolute atomic E-state index is 13.4. The quantitative estimate of drug-likeness (QED) is 0.472. The highest BCUT2D eigenvalue weighted by atomic mass is 16.7. The van der Waals surface area contributed by atoms with Crippen molar-refractivity contribution in [3.8, 4) is 0 Å². The van der Waals surface area contributed by atoms with Gasteiger partial charge in [0.25, 0.3) is 5.91 Å². The number of ether oxygens (including phenoxy) is 3. The Hall–Kier alpha value is -2.30. The number of aryl methyl sites for hydroxylation is 2. The van der Waals surface area contributed by atoms with Crippen molar-refractivity contribution in [1.29, 1.82) is 0 Å². The molecule has 5 aliphatic rings. The zero-order valence-corrected chi connectivity index (χ0v) is 26.0. The van der Waals surface area contributed by atoms with Gasteiger partial charge in [-0.05, 0) is 46.5 Å². The van der Waals surface area contributed by atoms with E-state index in [1.165, 1.54) is 6.33 Å². The lowest BCUT2D eigenvalue weighted by molar-refractivity contribution is -0.134. The van der Waals surface area contributed by atoms with Crippen LogP contribution >= 0.6 is 0 Å². The van der Waals surface area contributed by atoms with Crippen molar-refractivity contribution in [3.05, 3.63) is 23.3 Å². The molecule has 5 saturated heterocycles. The Bertz CT molecular complexity index is 1130. The molecule has 42 heavy (non-hydrogen) atoms. The standard InChI is InChI=1S/C32H49N5O5/c1-5-6-7-25-19-36(18-24-20-41-29-26(24)8-17-40-29)30(39)42-32(25)11-15-37(16-12-32)31(4)9-13-35(14-10-31)28(38)27-22(2)33-21-34-23(27)3/h21,24-26,29H,5-20H2,1-4H3/t24?,25-,26?,29?/m0/s1. The van der Waals surface area contributed by atoms with Crippen molar-refractivity contribution >= 4 is 12.0 Å². The highest BCUT2D eigenvalue weighted by Gasteiger charge is 2.52. The van der Waals surface area contributed by atoms with Crippen molar-refractivity contribution in [3.63, 3.8) is 0 Å². The molecule has 3 unspecified atom stereocenters. The predicted molar refractivity (Wildman–Crippen MR) is 157 cm³/mol. The molecule has 10 heteroatoms. The van der Waals surface area contributed by atoms with Crippen LogP contribution in [0, 0.1) is 31.6 Å². The van der Waals surface area contributed by atoms with E-state index >= 15 is 0 Å². The molecule has 5 aliphatic heterocycles. The van der Waals surface area contributed by atoms with Crippen molar-refractivity contribution in [2.75, 3.05) is 52.5 Å². The average molecular weight is 584 g/mol. The van der Waals surface area contributed by atoms with Crippen LogP contribution in [0.25, 0.3) is 0 Å². The molecule has 1 aromatic rings. The Labute approximate surface area is 250 Å². The van der Waals surface area contributed by atoms with Crippen molar-refractivity contribution < 1.29 is 23.8 Å². The third-order valence-corrected chi connectivity index (χ3v) is 11.2. The van der Waals surface area contributed by atoms with Gasteiger partial charge in [-0.2, -0.15) is 0 Å². The summed E-state index contributed by atoms with van der Waals surface area (Å²) < 4.78 is 18.1. The second-order valence-electron chi connectivity index (χ2n) is 13.7. The molecule has 232 valence electrons. The number of nitrogens with zero attached hydrogens (tertiary/aromatic N) is 5. The first-order valence-corrected chi connectivity index (χ1v) is 16.3. The van der Waals surface area contributed by atoms with E-state index in [-0.39, 0.29) is 29.4 Å². The van der Waals surface area contributed by atoms with Crippen LogP contribution < -0.4 is 0 Å². The maximum Gasteiger partial charge on any atom is 0.410 e. The largest absolute Gasteiger partial charge is 0.442 e. The van der Waals surface area contributed by atoms with Crippen LogP contribution in [0.5, 0.6) is 0 Å². The van der Waals surface area contributed by atoms with Crippen LogP contribution in [-0.2, 0) is 14.2 Å². The number of hydrogen-bond donors (Lipinski definition) is 0. The molecule has 0 aromatic carbocycles. The van der Waals surface area contributed by atoms with Gasteiger partial charge in [-0.15, -0.1) is 0 Å². The molecule has 0 aliphatic carbocycles. The maximum atomic E-state index is 13.4. The SMILES string of the molecule is CCCC[C@H]1CN(CC2COC3OCCC23)C(=O)OC12CCN(C1(C)CCN(C(=O)c3c(C)ncnc3C)CC1)CC2. The summed E-state index contributed by atoms with van der Waals surface area (Å²) in [6, 6.07) is 0. The number of piperidine rings is 2. The van der Waals surface area contributed by atoms with Gasteiger partial charge in [0.05, 0.1) is 30.2 Å². The predicted octanol–water partition coefficient (Wildman–Crippen LogP) is 4.19. The first kappa shape index (κ1) is 29.8. The van der Waals surface area contributed by atoms with E-state index in [0.29, 0.717) is 36.5 Å². The third-order valence-electron chi connectivity index (χ3n) is 11.2. The molecule has 1 spiro atoms. The summed E-state index contributed by atoms with van der Waals surface area (Å²) in [5.41, 5.74) is 1.79. The molecule has 4 atom stereocenters. The molecular formula is C32H49N5O5. The van der Waals surface area contributed by atoms with Crippen molar-refractivity contribution in [2.45, 2.75) is 96.5 Å². The van der Waals surface area contributed by atoms with Gasteiger partial charge in [0.15, 0.2) is 6.29 Å². The number of carbonyl (C=O) groups is 2. The first-order valence-electron chi connectivity index (χ1n) is 16.3. The zero-order chi connectivity index (χ0) is 29.5. The summed E-state index contributed by atoms with van der Waals surface area (Å²) in [4.78, 5) is 41.9. The van der Waals surface area contributed by atoms with Crippen LogP contribution in [-0.4, -0.2) is 107 Å². The number of aromatic nitrogens is 2. The lowest BCUT2D eigenvalue weighted by Crippen LogP contribution is -2.64. The zero-order valence-electron chi connectivity index (χ0n) is 26.0. The normalized spacial score (nSPS) is 30.9. The van der Waals surface area contributed by atoms with Crippen molar-refractivity contribution in [1.82, 2.24) is 24.7 Å². The number of amides is 2. The van der Waals surface area contributed by atoms with Crippen LogP contribution in [0.15, 0.2) is 6.33 Å². The number of unbranched alkanes of at least 4 members (excludes halogenated alkanes) is 1. The van der Waals surface area contributed by atoms with E-state index in [2.05, 4.69) is 28.7 Å². The highest BCUT2D eigenvalue weighted by Crippen LogP contribution is 2.44. The van der Waals surface area contributed by atoms with E-state index in [0.717, 1.165) is 102 Å². The topological polar surface area (TPSA) is 97.3 Å². The molecule has 6 rings (SSSR count). The summed E-state index contributed by atoms with van der Waals surface area (Å²) >= 11 is 0. The van der Waals surface area contributed by atoms with Gasteiger partial charge >= 0.3 is 6.09 Å². The Morgan fingerprint density at radius 3 is 2.45 bits per heavy atom. The fourth-order valence-corrected chi connectivity index (χ4v) is 8.31. The second kappa shape index (κ2) is 12.0. The van der Waals surface area contributed by atoms with Gasteiger partial charge in [0.1, 0.15) is 11.9 Å². The highest BCUT2D eigenvalue weighted by molar-refractivity contribution is 5.96. The summed E-state index contributed by atoms with van der Waals surface area (Å²) in [5, 5.41) is 0. The molecule has 0 radical (unpaired) electrons. The number of fused-ring (bicyclic) bond motifs is 1. The molecule has 1 aromatic heterocycles. The fourth-order valence-electron chi connectivity index (χ4n) is 8.31. The van der Waals surface area contributed by atoms with E-state index < -0.39 is 0 Å². The van der Waals surface area contributed by atoms with E-state index in [9.17, 15) is 9.59 Å². The van der Waals surface area contributed by atoms with E-state index in [1.807, 2.05) is 23.6 Å². The molecule has 5 fully saturated rings. The summed E-state index contributed by atoms with van der Waals surface area (Å²) in [6.07, 6.45) is 9.31. The Kier molecular flexibility index (Phi) is 8.50. The third kappa shape index (κ3) is 5.54. The first-order chi connectivity index (χ1) is 20.2. The van der Waals surface area contributed by atoms with Gasteiger partial charge in [-0.3, -0.25) is 9.69 Å². The fraction of sp³-hybridized carbons (Fsp3) is 0.812. The summed E-state index contributed by atoms with van der Waals surface area (Å²) in [5.74, 6) is 1.11. The number of carbonyl (C=O) groups excluding carboxylic acids is 2. The van der Waals surface area contributed by atoms with Gasteiger partial charge in [-0.25, -0.2) is 14.8 Å². The molecule has 0 N–H and O–H groups in total. The van der Waals surface area contributed by atoms with Crippen LogP contribution in [0.3, 0.4) is 0 Å². The number of likely N-dealkylation sites (tertiary alicyclic amines) is 2. The average Bonchev–Trinajstić information content (AvgIpc) is 3.59. The van der Waals surface area contributed by atoms with Gasteiger partial charge in [0, 0.05) is 75.4 Å². The van der Waals surface area contributed by atoms with E-state index in [4.69, 9.17) is 14.2 Å². The monoisotopic (exact) mass is 583 g/mol. The van der Waals surface area contributed by atoms with Crippen LogP contribution in [0.4, 0.5) is 4.79 Å². The Morgan fingerprint density at radius 1 is 1.05 bits per heavy atom. The van der Waals surface area contributed by atoms with Crippen molar-refractivity contribution in [2.24, 2.45) is 17.8 Å². The van der Waals surface area contributed by atoms with E-state index in [1.54, 1.807) is 0 Å². The van der Waals surface area contributed by atoms with Crippen LogP contribution in [0.2, 0.25) is 0 Å². The lowest BCUT2D eigenvalue weighted by atomic mass is 9.74. The Balaban J connectivity index is 1.07. The number of hydrogen-bond acceptors (Lipinski definition) is 8. The second-order valence-corrected chi connectivity index (χ2v) is 13.7. The Morgan fingerprint density at radius 2 is 1.76 bits per heavy atom. The smallest absolute Gasteiger partial charge is 0.410 e. The minimum atomic E-state index is -0.375. The van der Waals surface area contributed by atoms with Gasteiger partial charge in [0.2, 0.25) is 0 Å². The lowest BCUT2D eigenvalue weighted by Gasteiger charge is -2.55. The summed E-state index contributed by atoms with van der Waals surface area (Å²) in [6.45, 7) is 14.6. The minimum absolute atomic E-state index is 0.0294. The molecule has 6 heterocycles. The van der Waals surface area contributed by atoms with Crippen LogP contribution in [0.1, 0.15) is 87.0 Å². The van der Waals surface area contributed by atoms with Gasteiger partial charge in [-0.1, -0.05) is 19.8 Å². The molecule has 0 saturated carbocycles. The molecule has 0 bridgehead atoms. The summed E-state index contributed by atoms with van der Waals surface area (Å²) in [7, 11) is 0. The molecule has 2 amide bonds. The molecule has 10 nitrogen and oxygen atoms in total. The number of rotatable bonds is 7. The molecular weight excluding hydrogens is 534 g/mol.